The molecule has 1 aliphatic heterocycles. The Labute approximate surface area is 187 Å². The largest absolute Gasteiger partial charge is 0.482 e. The molecule has 164 valence electrons. The van der Waals surface area contributed by atoms with Crippen LogP contribution in [-0.2, 0) is 20.0 Å². The molecule has 1 aliphatic rings. The summed E-state index contributed by atoms with van der Waals surface area (Å²) in [5.74, 6) is 0.959. The molecular formula is C25H28N6O. The number of nitrogens with two attached hydrogens (primary N) is 1. The number of anilines is 1. The Hall–Kier alpha value is -3.61. The highest BCUT2D eigenvalue weighted by atomic mass is 16.5. The number of aromatic nitrogens is 5. The van der Waals surface area contributed by atoms with Crippen LogP contribution in [-0.4, -0.2) is 24.5 Å². The molecule has 0 spiro atoms. The minimum atomic E-state index is -0.227. The van der Waals surface area contributed by atoms with Crippen molar-refractivity contribution < 1.29 is 4.74 Å². The molecule has 0 fully saturated rings. The van der Waals surface area contributed by atoms with E-state index >= 15 is 0 Å². The number of hydrogen-bond donors (Lipinski definition) is 1. The third-order valence-electron chi connectivity index (χ3n) is 6.40. The molecule has 3 aromatic heterocycles. The molecule has 1 atom stereocenters. The summed E-state index contributed by atoms with van der Waals surface area (Å²) < 4.78 is 10.4. The maximum atomic E-state index is 6.41. The van der Waals surface area contributed by atoms with E-state index in [1.54, 1.807) is 6.20 Å². The first kappa shape index (κ1) is 20.3. The van der Waals surface area contributed by atoms with E-state index in [2.05, 4.69) is 49.1 Å². The summed E-state index contributed by atoms with van der Waals surface area (Å²) >= 11 is 0. The number of pyridine rings is 1. The summed E-state index contributed by atoms with van der Waals surface area (Å²) in [4.78, 5) is 4.45. The molecule has 5 rings (SSSR count). The van der Waals surface area contributed by atoms with Gasteiger partial charge in [-0.1, -0.05) is 23.8 Å². The van der Waals surface area contributed by atoms with Crippen LogP contribution < -0.4 is 10.5 Å². The third-order valence-corrected chi connectivity index (χ3v) is 6.40. The number of nitrogens with zero attached hydrogens (tertiary/aromatic N) is 5. The lowest BCUT2D eigenvalue weighted by molar-refractivity contribution is 0.228. The zero-order valence-electron chi connectivity index (χ0n) is 19.2. The number of nitrogen functional groups attached to an aromatic ring is 1. The molecule has 2 bridgehead atoms. The topological polar surface area (TPSA) is 83.8 Å². The number of ether oxygens (including phenoxy) is 1. The normalized spacial score (nSPS) is 15.1. The van der Waals surface area contributed by atoms with E-state index in [0.29, 0.717) is 11.6 Å². The molecule has 4 heterocycles. The highest BCUT2D eigenvalue weighted by molar-refractivity contribution is 5.72. The van der Waals surface area contributed by atoms with E-state index in [0.717, 1.165) is 52.3 Å². The Morgan fingerprint density at radius 1 is 1.19 bits per heavy atom. The summed E-state index contributed by atoms with van der Waals surface area (Å²) in [6, 6.07) is 8.44. The summed E-state index contributed by atoms with van der Waals surface area (Å²) in [6.07, 6.45) is 4.26. The second-order valence-corrected chi connectivity index (χ2v) is 8.51. The molecule has 0 saturated carbocycles. The first-order valence-corrected chi connectivity index (χ1v) is 11.0. The quantitative estimate of drug-likeness (QED) is 0.479. The van der Waals surface area contributed by atoms with Gasteiger partial charge in [-0.25, -0.2) is 4.98 Å². The van der Waals surface area contributed by atoms with E-state index < -0.39 is 0 Å². The van der Waals surface area contributed by atoms with E-state index in [1.165, 1.54) is 11.1 Å². The van der Waals surface area contributed by atoms with Crippen molar-refractivity contribution in [2.75, 3.05) is 5.73 Å². The fourth-order valence-corrected chi connectivity index (χ4v) is 4.57. The molecule has 0 amide bonds. The molecule has 0 saturated heterocycles. The van der Waals surface area contributed by atoms with Crippen molar-refractivity contribution in [3.63, 3.8) is 0 Å². The van der Waals surface area contributed by atoms with Gasteiger partial charge in [0.05, 0.1) is 17.6 Å². The zero-order chi connectivity index (χ0) is 22.6. The van der Waals surface area contributed by atoms with Gasteiger partial charge in [-0.2, -0.15) is 10.2 Å². The predicted octanol–water partition coefficient (Wildman–Crippen LogP) is 4.61. The fourth-order valence-electron chi connectivity index (χ4n) is 4.57. The molecule has 2 N–H and O–H groups in total. The Morgan fingerprint density at radius 2 is 2.00 bits per heavy atom. The van der Waals surface area contributed by atoms with Crippen molar-refractivity contribution in [2.45, 2.75) is 46.8 Å². The third kappa shape index (κ3) is 3.16. The monoisotopic (exact) mass is 428 g/mol. The maximum Gasteiger partial charge on any atom is 0.166 e. The standard InChI is InChI=1S/C25H28N6O/c1-6-31-24-17(13-28-31)10-20-15(3)30(5)29-23(20)19-8-7-14(2)9-21(19)16(4)32-22-11-18(24)12-27-25(22)26/h7-9,11-13,16H,6,10H2,1-5H3,(H2,26,27)/t16-/m1/s1. The van der Waals surface area contributed by atoms with Gasteiger partial charge >= 0.3 is 0 Å². The molecule has 1 aromatic carbocycles. The van der Waals surface area contributed by atoms with Crippen LogP contribution in [0.3, 0.4) is 0 Å². The SMILES string of the molecule is CCn1ncc2c1-c1cnc(N)c(c1)O[C@H](C)c1cc(C)ccc1-c1nn(C)c(C)c1C2. The summed E-state index contributed by atoms with van der Waals surface area (Å²) in [6.45, 7) is 9.11. The second-order valence-electron chi connectivity index (χ2n) is 8.51. The number of benzene rings is 1. The zero-order valence-corrected chi connectivity index (χ0v) is 19.2. The molecule has 0 unspecified atom stereocenters. The molecule has 7 nitrogen and oxygen atoms in total. The van der Waals surface area contributed by atoms with Crippen molar-refractivity contribution in [1.29, 1.82) is 0 Å². The lowest BCUT2D eigenvalue weighted by Gasteiger charge is -2.21. The Kier molecular flexibility index (Phi) is 4.77. The van der Waals surface area contributed by atoms with Gasteiger partial charge in [-0.15, -0.1) is 0 Å². The highest BCUT2D eigenvalue weighted by Gasteiger charge is 2.25. The van der Waals surface area contributed by atoms with Crippen LogP contribution in [0.15, 0.2) is 36.7 Å². The summed E-state index contributed by atoms with van der Waals surface area (Å²) in [5.41, 5.74) is 16.0. The molecule has 0 radical (unpaired) electrons. The van der Waals surface area contributed by atoms with Crippen LogP contribution in [0.4, 0.5) is 5.82 Å². The molecular weight excluding hydrogens is 400 g/mol. The Bertz CT molecular complexity index is 1330. The lowest BCUT2D eigenvalue weighted by Crippen LogP contribution is -2.10. The van der Waals surface area contributed by atoms with Crippen molar-refractivity contribution in [2.24, 2.45) is 7.05 Å². The average Bonchev–Trinajstić information content (AvgIpc) is 3.30. The molecule has 4 aromatic rings. The van der Waals surface area contributed by atoms with Gasteiger partial charge in [0.2, 0.25) is 0 Å². The predicted molar refractivity (Wildman–Crippen MR) is 126 cm³/mol. The lowest BCUT2D eigenvalue weighted by atomic mass is 9.92. The number of rotatable bonds is 1. The van der Waals surface area contributed by atoms with E-state index in [1.807, 2.05) is 35.6 Å². The Balaban J connectivity index is 1.84. The van der Waals surface area contributed by atoms with Crippen LogP contribution in [0.5, 0.6) is 5.75 Å². The van der Waals surface area contributed by atoms with Gasteiger partial charge < -0.3 is 10.5 Å². The van der Waals surface area contributed by atoms with Crippen molar-refractivity contribution in [1.82, 2.24) is 24.5 Å². The second kappa shape index (κ2) is 7.51. The average molecular weight is 429 g/mol. The summed E-state index contributed by atoms with van der Waals surface area (Å²) in [5, 5.41) is 9.58. The van der Waals surface area contributed by atoms with Gasteiger partial charge in [0.1, 0.15) is 6.10 Å². The number of fused-ring (bicyclic) bond motifs is 7. The minimum absolute atomic E-state index is 0.227. The van der Waals surface area contributed by atoms with E-state index in [9.17, 15) is 0 Å². The van der Waals surface area contributed by atoms with Gasteiger partial charge in [0.25, 0.3) is 0 Å². The van der Waals surface area contributed by atoms with Gasteiger partial charge in [0, 0.05) is 59.7 Å². The first-order valence-electron chi connectivity index (χ1n) is 11.0. The van der Waals surface area contributed by atoms with Crippen LogP contribution in [0.1, 0.15) is 47.9 Å². The molecule has 7 heteroatoms. The van der Waals surface area contributed by atoms with Crippen LogP contribution in [0, 0.1) is 13.8 Å². The van der Waals surface area contributed by atoms with E-state index in [4.69, 9.17) is 15.6 Å². The van der Waals surface area contributed by atoms with Crippen LogP contribution in [0.25, 0.3) is 22.5 Å². The van der Waals surface area contributed by atoms with Gasteiger partial charge in [-0.05, 0) is 33.8 Å². The first-order chi connectivity index (χ1) is 15.4. The van der Waals surface area contributed by atoms with Crippen molar-refractivity contribution in [3.05, 3.63) is 64.6 Å². The van der Waals surface area contributed by atoms with Crippen molar-refractivity contribution >= 4 is 5.82 Å². The molecule has 32 heavy (non-hydrogen) atoms. The smallest absolute Gasteiger partial charge is 0.166 e. The number of aryl methyl sites for hydroxylation is 3. The van der Waals surface area contributed by atoms with Gasteiger partial charge in [0.15, 0.2) is 11.6 Å². The van der Waals surface area contributed by atoms with Crippen LogP contribution >= 0.6 is 0 Å². The minimum Gasteiger partial charge on any atom is -0.482 e. The fraction of sp³-hybridized carbons (Fsp3) is 0.320. The van der Waals surface area contributed by atoms with E-state index in [-0.39, 0.29) is 6.10 Å². The van der Waals surface area contributed by atoms with Crippen LogP contribution in [0.2, 0.25) is 0 Å². The molecule has 0 aliphatic carbocycles. The Morgan fingerprint density at radius 3 is 2.78 bits per heavy atom. The van der Waals surface area contributed by atoms with Crippen molar-refractivity contribution in [3.8, 4) is 28.3 Å². The highest BCUT2D eigenvalue weighted by Crippen LogP contribution is 2.39. The maximum absolute atomic E-state index is 6.41. The number of hydrogen-bond acceptors (Lipinski definition) is 5. The van der Waals surface area contributed by atoms with Gasteiger partial charge in [-0.3, -0.25) is 9.36 Å². The summed E-state index contributed by atoms with van der Waals surface area (Å²) in [7, 11) is 2.00.